The number of nitrogens with zero attached hydrogens (tertiary/aromatic N) is 3. The summed E-state index contributed by atoms with van der Waals surface area (Å²) in [7, 11) is 3.29. The highest BCUT2D eigenvalue weighted by Gasteiger charge is 2.39. The van der Waals surface area contributed by atoms with Gasteiger partial charge < -0.3 is 15.0 Å². The van der Waals surface area contributed by atoms with Crippen LogP contribution in [0.5, 0.6) is 0 Å². The molecule has 1 amide bonds. The molecule has 2 aliphatic rings. The standard InChI is InChI=1S/C30H28N4O4S2/c1-5-31-22-14-13-20(18(2)35)16-23(22)32-30-34(17-19-9-8-10-21(15-19)29(37)38-4)27(36)26(40-30)28-33(3)24-11-6-7-12-25(24)39-28/h6-16,31H,5,17H2,1-4H3. The molecule has 0 aromatic heterocycles. The number of esters is 1. The highest BCUT2D eigenvalue weighted by Crippen LogP contribution is 2.50. The molecule has 0 aliphatic carbocycles. The summed E-state index contributed by atoms with van der Waals surface area (Å²) in [5.41, 5.74) is 4.07. The molecule has 3 aromatic rings. The fourth-order valence-corrected chi connectivity index (χ4v) is 6.78. The zero-order valence-corrected chi connectivity index (χ0v) is 24.2. The number of rotatable bonds is 7. The van der Waals surface area contributed by atoms with Crippen LogP contribution in [0.1, 0.15) is 40.1 Å². The number of hydrogen-bond acceptors (Lipinski definition) is 9. The van der Waals surface area contributed by atoms with Gasteiger partial charge in [-0.1, -0.05) is 36.0 Å². The molecular weight excluding hydrogens is 544 g/mol. The summed E-state index contributed by atoms with van der Waals surface area (Å²) in [5, 5.41) is 4.62. The lowest BCUT2D eigenvalue weighted by Gasteiger charge is -2.18. The van der Waals surface area contributed by atoms with Gasteiger partial charge in [0.05, 0.1) is 41.3 Å². The monoisotopic (exact) mass is 572 g/mol. The zero-order chi connectivity index (χ0) is 28.4. The molecule has 0 spiro atoms. The first-order valence-corrected chi connectivity index (χ1v) is 14.3. The van der Waals surface area contributed by atoms with E-state index in [-0.39, 0.29) is 18.2 Å². The molecule has 0 saturated carbocycles. The number of Topliss-reactive ketones (excluding diaryl/α,β-unsaturated/α-hetero) is 1. The van der Waals surface area contributed by atoms with E-state index >= 15 is 0 Å². The maximum atomic E-state index is 14.0. The number of benzene rings is 3. The summed E-state index contributed by atoms with van der Waals surface area (Å²) >= 11 is 2.86. The molecular formula is C30H28N4O4S2. The number of carbonyl (C=O) groups excluding carboxylic acids is 3. The Morgan fingerprint density at radius 2 is 1.80 bits per heavy atom. The molecule has 204 valence electrons. The average Bonchev–Trinajstić information content (AvgIpc) is 3.45. The first-order chi connectivity index (χ1) is 19.3. The van der Waals surface area contributed by atoms with Gasteiger partial charge in [0.2, 0.25) is 0 Å². The number of fused-ring (bicyclic) bond motifs is 1. The Morgan fingerprint density at radius 3 is 2.52 bits per heavy atom. The van der Waals surface area contributed by atoms with Gasteiger partial charge in [0.1, 0.15) is 4.91 Å². The van der Waals surface area contributed by atoms with Gasteiger partial charge in [0.25, 0.3) is 5.91 Å². The van der Waals surface area contributed by atoms with Crippen LogP contribution < -0.4 is 10.2 Å². The predicted octanol–water partition coefficient (Wildman–Crippen LogP) is 6.28. The van der Waals surface area contributed by atoms with Gasteiger partial charge in [0, 0.05) is 24.1 Å². The topological polar surface area (TPSA) is 91.3 Å². The fourth-order valence-electron chi connectivity index (χ4n) is 4.44. The van der Waals surface area contributed by atoms with E-state index in [1.165, 1.54) is 25.8 Å². The molecule has 1 saturated heterocycles. The van der Waals surface area contributed by atoms with Gasteiger partial charge in [-0.05, 0) is 73.6 Å². The highest BCUT2D eigenvalue weighted by atomic mass is 32.2. The predicted molar refractivity (Wildman–Crippen MR) is 161 cm³/mol. The van der Waals surface area contributed by atoms with Crippen LogP contribution in [-0.2, 0) is 16.1 Å². The third-order valence-corrected chi connectivity index (χ3v) is 8.90. The number of hydrogen-bond donors (Lipinski definition) is 1. The summed E-state index contributed by atoms with van der Waals surface area (Å²) in [6, 6.07) is 20.4. The number of thioether (sulfide) groups is 2. The molecule has 40 heavy (non-hydrogen) atoms. The lowest BCUT2D eigenvalue weighted by molar-refractivity contribution is -0.122. The summed E-state index contributed by atoms with van der Waals surface area (Å²) in [6.45, 7) is 4.37. The number of aliphatic imine (C=N–C) groups is 1. The smallest absolute Gasteiger partial charge is 0.337 e. The number of ether oxygens (including phenoxy) is 1. The van der Waals surface area contributed by atoms with E-state index in [0.29, 0.717) is 33.4 Å². The number of amides is 1. The van der Waals surface area contributed by atoms with E-state index in [2.05, 4.69) is 5.32 Å². The number of anilines is 2. The van der Waals surface area contributed by atoms with Crippen LogP contribution >= 0.6 is 23.5 Å². The third kappa shape index (κ3) is 5.37. The Bertz CT molecular complexity index is 1580. The highest BCUT2D eigenvalue weighted by molar-refractivity contribution is 8.19. The quantitative estimate of drug-likeness (QED) is 0.201. The van der Waals surface area contributed by atoms with E-state index in [4.69, 9.17) is 9.73 Å². The molecule has 1 N–H and O–H groups in total. The Kier molecular flexibility index (Phi) is 7.99. The molecule has 0 atom stereocenters. The molecule has 2 aliphatic heterocycles. The molecule has 8 nitrogen and oxygen atoms in total. The molecule has 0 unspecified atom stereocenters. The average molecular weight is 573 g/mol. The number of para-hydroxylation sites is 1. The van der Waals surface area contributed by atoms with E-state index in [1.54, 1.807) is 47.0 Å². The summed E-state index contributed by atoms with van der Waals surface area (Å²) in [4.78, 5) is 48.5. The van der Waals surface area contributed by atoms with Gasteiger partial charge in [-0.2, -0.15) is 0 Å². The van der Waals surface area contributed by atoms with Gasteiger partial charge in [-0.15, -0.1) is 0 Å². The van der Waals surface area contributed by atoms with Crippen molar-refractivity contribution in [1.29, 1.82) is 0 Å². The molecule has 2 heterocycles. The lowest BCUT2D eigenvalue weighted by Crippen LogP contribution is -2.29. The molecule has 3 aromatic carbocycles. The van der Waals surface area contributed by atoms with Crippen LogP contribution in [0.25, 0.3) is 0 Å². The molecule has 5 rings (SSSR count). The van der Waals surface area contributed by atoms with Crippen LogP contribution in [0.2, 0.25) is 0 Å². The van der Waals surface area contributed by atoms with Crippen molar-refractivity contribution in [2.45, 2.75) is 25.3 Å². The summed E-state index contributed by atoms with van der Waals surface area (Å²) < 4.78 is 4.88. The fraction of sp³-hybridized carbons (Fsp3) is 0.200. The Hall–Kier alpha value is -4.02. The first-order valence-electron chi connectivity index (χ1n) is 12.7. The Labute approximate surface area is 241 Å². The molecule has 1 fully saturated rings. The van der Waals surface area contributed by atoms with Crippen molar-refractivity contribution in [3.63, 3.8) is 0 Å². The van der Waals surface area contributed by atoms with Gasteiger partial charge in [-0.25, -0.2) is 9.79 Å². The van der Waals surface area contributed by atoms with E-state index in [1.807, 2.05) is 55.3 Å². The largest absolute Gasteiger partial charge is 0.465 e. The zero-order valence-electron chi connectivity index (χ0n) is 22.6. The second-order valence-corrected chi connectivity index (χ2v) is 11.2. The Morgan fingerprint density at radius 1 is 1.00 bits per heavy atom. The molecule has 10 heteroatoms. The molecule has 0 radical (unpaired) electrons. The van der Waals surface area contributed by atoms with E-state index in [0.717, 1.165) is 26.9 Å². The van der Waals surface area contributed by atoms with Crippen molar-refractivity contribution in [2.75, 3.05) is 30.9 Å². The second-order valence-electron chi connectivity index (χ2n) is 9.16. The van der Waals surface area contributed by atoms with Gasteiger partial charge in [0.15, 0.2) is 11.0 Å². The van der Waals surface area contributed by atoms with Crippen molar-refractivity contribution in [3.05, 3.63) is 93.4 Å². The second kappa shape index (κ2) is 11.6. The van der Waals surface area contributed by atoms with Crippen molar-refractivity contribution in [3.8, 4) is 0 Å². The summed E-state index contributed by atoms with van der Waals surface area (Å²) in [6.07, 6.45) is 0. The van der Waals surface area contributed by atoms with Crippen molar-refractivity contribution in [2.24, 2.45) is 4.99 Å². The number of nitrogens with one attached hydrogen (secondary N) is 1. The van der Waals surface area contributed by atoms with Crippen LogP contribution in [-0.4, -0.2) is 48.4 Å². The van der Waals surface area contributed by atoms with Gasteiger partial charge >= 0.3 is 5.97 Å². The van der Waals surface area contributed by atoms with Crippen molar-refractivity contribution >= 4 is 63.4 Å². The summed E-state index contributed by atoms with van der Waals surface area (Å²) in [5.74, 6) is -0.693. The first kappa shape index (κ1) is 27.5. The van der Waals surface area contributed by atoms with Crippen molar-refractivity contribution < 1.29 is 19.1 Å². The minimum atomic E-state index is -0.446. The van der Waals surface area contributed by atoms with Crippen LogP contribution in [0, 0.1) is 0 Å². The maximum Gasteiger partial charge on any atom is 0.337 e. The normalized spacial score (nSPS) is 17.4. The third-order valence-electron chi connectivity index (χ3n) is 6.47. The van der Waals surface area contributed by atoms with Crippen LogP contribution in [0.4, 0.5) is 17.1 Å². The van der Waals surface area contributed by atoms with Crippen LogP contribution in [0.15, 0.2) is 86.6 Å². The number of amidine groups is 1. The van der Waals surface area contributed by atoms with Crippen LogP contribution in [0.3, 0.4) is 0 Å². The Balaban J connectivity index is 1.60. The van der Waals surface area contributed by atoms with E-state index in [9.17, 15) is 14.4 Å². The number of methoxy groups -OCH3 is 1. The number of ketones is 1. The van der Waals surface area contributed by atoms with E-state index < -0.39 is 5.97 Å². The maximum absolute atomic E-state index is 14.0. The minimum absolute atomic E-state index is 0.0688. The molecule has 0 bridgehead atoms. The SMILES string of the molecule is CCNc1ccc(C(C)=O)cc1N=C1SC(=C2Sc3ccccc3N2C)C(=O)N1Cc1cccc(C(=O)OC)c1. The lowest BCUT2D eigenvalue weighted by atomic mass is 10.1. The minimum Gasteiger partial charge on any atom is -0.465 e. The number of carbonyl (C=O) groups is 3. The van der Waals surface area contributed by atoms with Gasteiger partial charge in [-0.3, -0.25) is 14.5 Å². The van der Waals surface area contributed by atoms with Crippen molar-refractivity contribution in [1.82, 2.24) is 4.90 Å².